The molecule has 0 aliphatic rings. The molecule has 27 heavy (non-hydrogen) atoms. The van der Waals surface area contributed by atoms with E-state index in [9.17, 15) is 9.59 Å². The number of nitrogens with one attached hydrogen (secondary N) is 1. The Balaban J connectivity index is 1.89. The van der Waals surface area contributed by atoms with Gasteiger partial charge in [-0.3, -0.25) is 9.59 Å². The third kappa shape index (κ3) is 6.67. The number of nitrogens with zero attached hydrogens (tertiary/aromatic N) is 3. The molecule has 0 radical (unpaired) electrons. The smallest absolute Gasteiger partial charge is 0.261 e. The van der Waals surface area contributed by atoms with Crippen LogP contribution in [-0.4, -0.2) is 57.8 Å². The number of aromatic nitrogens is 2. The zero-order valence-corrected chi connectivity index (χ0v) is 15.5. The number of rotatable bonds is 9. The second kappa shape index (κ2) is 10.2. The lowest BCUT2D eigenvalue weighted by molar-refractivity contribution is -0.138. The van der Waals surface area contributed by atoms with E-state index < -0.39 is 0 Å². The number of amides is 2. The number of carbonyl (C=O) groups excluding carboxylic acids is 2. The van der Waals surface area contributed by atoms with Crippen LogP contribution in [0.4, 0.5) is 5.69 Å². The molecule has 2 amide bonds. The van der Waals surface area contributed by atoms with Gasteiger partial charge in [-0.2, -0.15) is 10.2 Å². The molecular formula is C19H24N4O4. The van der Waals surface area contributed by atoms with Crippen molar-refractivity contribution in [3.05, 3.63) is 48.3 Å². The first-order valence-electron chi connectivity index (χ1n) is 8.68. The highest BCUT2D eigenvalue weighted by atomic mass is 16.5. The summed E-state index contributed by atoms with van der Waals surface area (Å²) in [7, 11) is 0. The molecule has 2 N–H and O–H groups in total. The first-order chi connectivity index (χ1) is 13.0. The monoisotopic (exact) mass is 372 g/mol. The molecule has 0 unspecified atom stereocenters. The number of aliphatic hydroxyl groups excluding tert-OH is 1. The van der Waals surface area contributed by atoms with Crippen molar-refractivity contribution in [3.8, 4) is 5.75 Å². The van der Waals surface area contributed by atoms with E-state index in [1.807, 2.05) is 26.0 Å². The fraction of sp³-hybridized carbons (Fsp3) is 0.368. The highest BCUT2D eigenvalue weighted by Crippen LogP contribution is 2.13. The highest BCUT2D eigenvalue weighted by Gasteiger charge is 2.20. The number of hydrogen-bond donors (Lipinski definition) is 2. The maximum Gasteiger partial charge on any atom is 0.261 e. The molecule has 1 heterocycles. The number of carbonyl (C=O) groups is 2. The summed E-state index contributed by atoms with van der Waals surface area (Å²) in [5.41, 5.74) is 1.51. The molecule has 8 heteroatoms. The van der Waals surface area contributed by atoms with Crippen molar-refractivity contribution in [2.75, 3.05) is 25.1 Å². The number of anilines is 1. The van der Waals surface area contributed by atoms with Gasteiger partial charge in [-0.05, 0) is 44.0 Å². The minimum absolute atomic E-state index is 0.0830. The van der Waals surface area contributed by atoms with Crippen LogP contribution < -0.4 is 10.1 Å². The fourth-order valence-electron chi connectivity index (χ4n) is 2.39. The summed E-state index contributed by atoms with van der Waals surface area (Å²) in [5, 5.41) is 18.9. The molecule has 0 spiro atoms. The minimum Gasteiger partial charge on any atom is -0.484 e. The van der Waals surface area contributed by atoms with Gasteiger partial charge in [-0.15, -0.1) is 0 Å². The van der Waals surface area contributed by atoms with E-state index >= 15 is 0 Å². The lowest BCUT2D eigenvalue weighted by atomic mass is 10.1. The van der Waals surface area contributed by atoms with E-state index in [1.54, 1.807) is 18.2 Å². The number of benzene rings is 1. The second-order valence-corrected chi connectivity index (χ2v) is 6.20. The summed E-state index contributed by atoms with van der Waals surface area (Å²) in [6.07, 6.45) is 3.48. The van der Waals surface area contributed by atoms with Crippen LogP contribution in [0.25, 0.3) is 0 Å². The standard InChI is InChI=1S/C19H24N4O4/c1-14(2)23(12-18(25)22-16-7-9-20-21-11-16)19(26)13-27-17-5-3-15(4-6-17)8-10-24/h3-7,9,11,14,24H,8,10,12-13H2,1-2H3,(H,20,22,25). The van der Waals surface area contributed by atoms with Crippen LogP contribution in [-0.2, 0) is 16.0 Å². The molecular weight excluding hydrogens is 348 g/mol. The maximum atomic E-state index is 12.5. The molecule has 0 aliphatic heterocycles. The lowest BCUT2D eigenvalue weighted by Crippen LogP contribution is -2.44. The van der Waals surface area contributed by atoms with Crippen LogP contribution in [0.5, 0.6) is 5.75 Å². The Morgan fingerprint density at radius 2 is 1.93 bits per heavy atom. The van der Waals surface area contributed by atoms with Gasteiger partial charge in [0.05, 0.1) is 18.1 Å². The Morgan fingerprint density at radius 3 is 2.52 bits per heavy atom. The SMILES string of the molecule is CC(C)N(CC(=O)Nc1ccnnc1)C(=O)COc1ccc(CCO)cc1. The zero-order valence-electron chi connectivity index (χ0n) is 15.5. The Hall–Kier alpha value is -3.00. The average molecular weight is 372 g/mol. The van der Waals surface area contributed by atoms with Crippen LogP contribution in [0.3, 0.4) is 0 Å². The van der Waals surface area contributed by atoms with E-state index in [1.165, 1.54) is 17.3 Å². The van der Waals surface area contributed by atoms with Gasteiger partial charge in [0.25, 0.3) is 5.91 Å². The Kier molecular flexibility index (Phi) is 7.69. The lowest BCUT2D eigenvalue weighted by Gasteiger charge is -2.26. The van der Waals surface area contributed by atoms with Crippen LogP contribution in [0, 0.1) is 0 Å². The molecule has 2 aromatic rings. The molecule has 1 aromatic carbocycles. The summed E-state index contributed by atoms with van der Waals surface area (Å²) in [5.74, 6) is -0.0492. The van der Waals surface area contributed by atoms with Crippen LogP contribution in [0.1, 0.15) is 19.4 Å². The third-order valence-electron chi connectivity index (χ3n) is 3.81. The maximum absolute atomic E-state index is 12.5. The number of hydrogen-bond acceptors (Lipinski definition) is 6. The highest BCUT2D eigenvalue weighted by molar-refractivity contribution is 5.94. The fourth-order valence-corrected chi connectivity index (χ4v) is 2.39. The first kappa shape index (κ1) is 20.3. The van der Waals surface area contributed by atoms with E-state index in [0.717, 1.165) is 5.56 Å². The van der Waals surface area contributed by atoms with Gasteiger partial charge >= 0.3 is 0 Å². The number of ether oxygens (including phenoxy) is 1. The molecule has 0 saturated carbocycles. The van der Waals surface area contributed by atoms with Crippen molar-refractivity contribution in [2.45, 2.75) is 26.3 Å². The Morgan fingerprint density at radius 1 is 1.19 bits per heavy atom. The largest absolute Gasteiger partial charge is 0.484 e. The molecule has 0 saturated heterocycles. The summed E-state index contributed by atoms with van der Waals surface area (Å²) >= 11 is 0. The molecule has 1 aromatic heterocycles. The third-order valence-corrected chi connectivity index (χ3v) is 3.81. The topological polar surface area (TPSA) is 105 Å². The van der Waals surface area contributed by atoms with Gasteiger partial charge in [0, 0.05) is 12.6 Å². The minimum atomic E-state index is -0.321. The molecule has 2 rings (SSSR count). The molecule has 144 valence electrons. The second-order valence-electron chi connectivity index (χ2n) is 6.20. The van der Waals surface area contributed by atoms with E-state index in [4.69, 9.17) is 9.84 Å². The zero-order chi connectivity index (χ0) is 19.6. The summed E-state index contributed by atoms with van der Waals surface area (Å²) in [6, 6.07) is 8.64. The Bertz CT molecular complexity index is 735. The molecule has 0 bridgehead atoms. The molecule has 0 aliphatic carbocycles. The van der Waals surface area contributed by atoms with E-state index in [-0.39, 0.29) is 37.6 Å². The molecule has 0 fully saturated rings. The summed E-state index contributed by atoms with van der Waals surface area (Å²) in [6.45, 7) is 3.50. The van der Waals surface area contributed by atoms with Gasteiger partial charge in [0.15, 0.2) is 6.61 Å². The van der Waals surface area contributed by atoms with Crippen LogP contribution >= 0.6 is 0 Å². The van der Waals surface area contributed by atoms with Gasteiger partial charge in [0.1, 0.15) is 12.3 Å². The van der Waals surface area contributed by atoms with E-state index in [0.29, 0.717) is 17.9 Å². The van der Waals surface area contributed by atoms with Crippen molar-refractivity contribution >= 4 is 17.5 Å². The van der Waals surface area contributed by atoms with Crippen molar-refractivity contribution in [3.63, 3.8) is 0 Å². The Labute approximate surface area is 158 Å². The summed E-state index contributed by atoms with van der Waals surface area (Å²) < 4.78 is 5.53. The van der Waals surface area contributed by atoms with Crippen LogP contribution in [0.15, 0.2) is 42.7 Å². The van der Waals surface area contributed by atoms with Crippen molar-refractivity contribution < 1.29 is 19.4 Å². The number of aliphatic hydroxyl groups is 1. The summed E-state index contributed by atoms with van der Waals surface area (Å²) in [4.78, 5) is 26.1. The van der Waals surface area contributed by atoms with Crippen molar-refractivity contribution in [1.29, 1.82) is 0 Å². The van der Waals surface area contributed by atoms with Crippen molar-refractivity contribution in [2.24, 2.45) is 0 Å². The van der Waals surface area contributed by atoms with E-state index in [2.05, 4.69) is 15.5 Å². The first-order valence-corrected chi connectivity index (χ1v) is 8.68. The van der Waals surface area contributed by atoms with Gasteiger partial charge < -0.3 is 20.1 Å². The predicted molar refractivity (Wildman–Crippen MR) is 100 cm³/mol. The molecule has 0 atom stereocenters. The van der Waals surface area contributed by atoms with Crippen molar-refractivity contribution in [1.82, 2.24) is 15.1 Å². The van der Waals surface area contributed by atoms with Gasteiger partial charge in [-0.25, -0.2) is 0 Å². The average Bonchev–Trinajstić information content (AvgIpc) is 2.66. The van der Waals surface area contributed by atoms with Crippen LogP contribution in [0.2, 0.25) is 0 Å². The predicted octanol–water partition coefficient (Wildman–Crippen LogP) is 1.27. The van der Waals surface area contributed by atoms with Gasteiger partial charge in [0.2, 0.25) is 5.91 Å². The normalized spacial score (nSPS) is 10.5. The molecule has 8 nitrogen and oxygen atoms in total. The quantitative estimate of drug-likeness (QED) is 0.687. The van der Waals surface area contributed by atoms with Gasteiger partial charge in [-0.1, -0.05) is 12.1 Å².